The highest BCUT2D eigenvalue weighted by atomic mass is 35.5. The third-order valence-electron chi connectivity index (χ3n) is 10.6. The van der Waals surface area contributed by atoms with Crippen LogP contribution in [0.25, 0.3) is 0 Å². The highest BCUT2D eigenvalue weighted by Crippen LogP contribution is 2.66. The number of fused-ring (bicyclic) bond motifs is 5. The molecule has 0 aromatic heterocycles. The van der Waals surface area contributed by atoms with Crippen molar-refractivity contribution in [1.82, 2.24) is 4.90 Å². The summed E-state index contributed by atoms with van der Waals surface area (Å²) in [4.78, 5) is 2.63. The Kier molecular flexibility index (Phi) is 6.10. The quantitative estimate of drug-likeness (QED) is 0.599. The van der Waals surface area contributed by atoms with Crippen LogP contribution < -0.4 is 5.73 Å². The van der Waals surface area contributed by atoms with Gasteiger partial charge in [0.15, 0.2) is 0 Å². The lowest BCUT2D eigenvalue weighted by molar-refractivity contribution is -0.139. The summed E-state index contributed by atoms with van der Waals surface area (Å²) in [6.07, 6.45) is 11.6. The predicted molar refractivity (Wildman–Crippen MR) is 119 cm³/mol. The van der Waals surface area contributed by atoms with E-state index in [9.17, 15) is 10.2 Å². The van der Waals surface area contributed by atoms with Crippen LogP contribution in [0.4, 0.5) is 0 Å². The summed E-state index contributed by atoms with van der Waals surface area (Å²) >= 11 is 0. The Labute approximate surface area is 183 Å². The lowest BCUT2D eigenvalue weighted by Crippen LogP contribution is -2.58. The van der Waals surface area contributed by atoms with Crippen LogP contribution in [0.3, 0.4) is 0 Å². The van der Waals surface area contributed by atoms with E-state index in [1.165, 1.54) is 64.5 Å². The Hall–Kier alpha value is 0.130. The lowest BCUT2D eigenvalue weighted by Gasteiger charge is -2.61. The van der Waals surface area contributed by atoms with Crippen molar-refractivity contribution in [2.45, 2.75) is 102 Å². The number of aliphatic hydroxyl groups is 2. The molecule has 1 saturated heterocycles. The van der Waals surface area contributed by atoms with E-state index in [1.54, 1.807) is 0 Å². The van der Waals surface area contributed by atoms with Crippen molar-refractivity contribution in [3.05, 3.63) is 0 Å². The Balaban J connectivity index is 0.00000205. The first-order valence-corrected chi connectivity index (χ1v) is 12.2. The maximum atomic E-state index is 11.5. The Morgan fingerprint density at radius 2 is 1.62 bits per heavy atom. The number of halogens is 1. The summed E-state index contributed by atoms with van der Waals surface area (Å²) in [7, 11) is 0. The van der Waals surface area contributed by atoms with Gasteiger partial charge in [-0.1, -0.05) is 20.3 Å². The molecule has 1 heterocycles. The van der Waals surface area contributed by atoms with Crippen molar-refractivity contribution in [2.24, 2.45) is 40.2 Å². The molecule has 0 aromatic rings. The summed E-state index contributed by atoms with van der Waals surface area (Å²) in [6.45, 7) is 7.28. The van der Waals surface area contributed by atoms with Crippen LogP contribution in [0.15, 0.2) is 0 Å². The van der Waals surface area contributed by atoms with Gasteiger partial charge >= 0.3 is 0 Å². The molecule has 0 spiro atoms. The van der Waals surface area contributed by atoms with Crippen molar-refractivity contribution < 1.29 is 10.2 Å². The maximum Gasteiger partial charge on any atom is 0.0751 e. The fourth-order valence-corrected chi connectivity index (χ4v) is 8.94. The number of piperidine rings is 1. The van der Waals surface area contributed by atoms with Gasteiger partial charge in [0.2, 0.25) is 0 Å². The number of likely N-dealkylation sites (tertiary alicyclic amines) is 1. The van der Waals surface area contributed by atoms with E-state index in [2.05, 4.69) is 18.7 Å². The fourth-order valence-electron chi connectivity index (χ4n) is 8.94. The van der Waals surface area contributed by atoms with Crippen molar-refractivity contribution in [3.8, 4) is 0 Å². The van der Waals surface area contributed by atoms with Gasteiger partial charge in [-0.3, -0.25) is 4.90 Å². The molecule has 4 nitrogen and oxygen atoms in total. The monoisotopic (exact) mass is 426 g/mol. The summed E-state index contributed by atoms with van der Waals surface area (Å²) in [6, 6.07) is 0.332. The van der Waals surface area contributed by atoms with Crippen molar-refractivity contribution in [1.29, 1.82) is 0 Å². The van der Waals surface area contributed by atoms with E-state index < -0.39 is 0 Å². The third kappa shape index (κ3) is 3.31. The predicted octanol–water partition coefficient (Wildman–Crippen LogP) is 3.57. The van der Waals surface area contributed by atoms with Gasteiger partial charge in [-0.25, -0.2) is 0 Å². The van der Waals surface area contributed by atoms with Crippen molar-refractivity contribution >= 4 is 12.4 Å². The van der Waals surface area contributed by atoms with Gasteiger partial charge in [-0.05, 0) is 105 Å². The molecule has 0 bridgehead atoms. The number of nitrogens with zero attached hydrogens (tertiary/aromatic N) is 1. The molecule has 4 aliphatic carbocycles. The molecule has 0 amide bonds. The highest BCUT2D eigenvalue weighted by molar-refractivity contribution is 5.85. The minimum absolute atomic E-state index is 0. The summed E-state index contributed by atoms with van der Waals surface area (Å²) in [5, 5.41) is 21.8. The molecule has 168 valence electrons. The number of aliphatic hydroxyl groups excluding tert-OH is 2. The largest absolute Gasteiger partial charge is 0.392 e. The second kappa shape index (κ2) is 7.92. The SMILES string of the molecule is C[C@]12CC(N)C(O)CC1CC[C@@H]1[C@H]2CC[C@]2(C)C(O)C(N3CCCCC3)C[C@@H]12.Cl. The zero-order valence-corrected chi connectivity index (χ0v) is 19.2. The van der Waals surface area contributed by atoms with Gasteiger partial charge in [0.1, 0.15) is 0 Å². The van der Waals surface area contributed by atoms with E-state index in [-0.39, 0.29) is 41.5 Å². The van der Waals surface area contributed by atoms with E-state index >= 15 is 0 Å². The zero-order chi connectivity index (χ0) is 19.7. The molecule has 5 rings (SSSR count). The van der Waals surface area contributed by atoms with Gasteiger partial charge < -0.3 is 15.9 Å². The van der Waals surface area contributed by atoms with Gasteiger partial charge in [-0.15, -0.1) is 12.4 Å². The van der Waals surface area contributed by atoms with Crippen LogP contribution in [0.2, 0.25) is 0 Å². The molecular formula is C24H43ClN2O2. The molecule has 5 fully saturated rings. The van der Waals surface area contributed by atoms with Crippen LogP contribution in [0.1, 0.15) is 78.1 Å². The summed E-state index contributed by atoms with van der Waals surface area (Å²) in [5.41, 5.74) is 6.76. The Morgan fingerprint density at radius 1 is 0.897 bits per heavy atom. The first-order chi connectivity index (χ1) is 13.3. The van der Waals surface area contributed by atoms with E-state index in [0.717, 1.165) is 24.7 Å². The standard InChI is InChI=1S/C24H42N2O2.ClH/c1-23-9-8-17-16(7-6-15-12-21(27)19(25)14-24(15,17)2)18(23)13-20(22(23)28)26-10-4-3-5-11-26;/h15-22,27-28H,3-14,25H2,1-2H3;1H/t15?,16-,17-,18+,19?,20?,21?,22?,23+,24+;/m1./s1. The van der Waals surface area contributed by atoms with Gasteiger partial charge in [-0.2, -0.15) is 0 Å². The molecule has 0 aromatic carbocycles. The van der Waals surface area contributed by atoms with Gasteiger partial charge in [0.25, 0.3) is 0 Å². The second-order valence-electron chi connectivity index (χ2n) is 11.7. The first kappa shape index (κ1) is 22.3. The average Bonchev–Trinajstić information content (AvgIpc) is 2.95. The summed E-state index contributed by atoms with van der Waals surface area (Å²) < 4.78 is 0. The summed E-state index contributed by atoms with van der Waals surface area (Å²) in [5.74, 6) is 2.77. The van der Waals surface area contributed by atoms with Crippen LogP contribution in [0.5, 0.6) is 0 Å². The second-order valence-corrected chi connectivity index (χ2v) is 11.7. The van der Waals surface area contributed by atoms with Crippen LogP contribution in [0, 0.1) is 34.5 Å². The molecule has 5 unspecified atom stereocenters. The van der Waals surface area contributed by atoms with E-state index in [4.69, 9.17) is 5.73 Å². The number of hydrogen-bond donors (Lipinski definition) is 3. The normalized spacial score (nSPS) is 55.3. The smallest absolute Gasteiger partial charge is 0.0751 e. The minimum atomic E-state index is -0.305. The molecule has 4 saturated carbocycles. The van der Waals surface area contributed by atoms with Crippen LogP contribution in [-0.4, -0.2) is 52.5 Å². The van der Waals surface area contributed by atoms with Crippen LogP contribution in [-0.2, 0) is 0 Å². The minimum Gasteiger partial charge on any atom is -0.392 e. The van der Waals surface area contributed by atoms with Gasteiger partial charge in [0.05, 0.1) is 12.2 Å². The Morgan fingerprint density at radius 3 is 2.34 bits per heavy atom. The molecular weight excluding hydrogens is 384 g/mol. The third-order valence-corrected chi connectivity index (χ3v) is 10.6. The molecule has 29 heavy (non-hydrogen) atoms. The van der Waals surface area contributed by atoms with Crippen molar-refractivity contribution in [2.75, 3.05) is 13.1 Å². The number of hydrogen-bond acceptors (Lipinski definition) is 4. The fraction of sp³-hybridized carbons (Fsp3) is 1.00. The molecule has 0 radical (unpaired) electrons. The lowest BCUT2D eigenvalue weighted by atomic mass is 9.44. The number of rotatable bonds is 1. The zero-order valence-electron chi connectivity index (χ0n) is 18.4. The maximum absolute atomic E-state index is 11.5. The van der Waals surface area contributed by atoms with Gasteiger partial charge in [0, 0.05) is 12.1 Å². The average molecular weight is 427 g/mol. The van der Waals surface area contributed by atoms with Crippen LogP contribution >= 0.6 is 12.4 Å². The van der Waals surface area contributed by atoms with E-state index in [0.29, 0.717) is 17.9 Å². The highest BCUT2D eigenvalue weighted by Gasteiger charge is 2.63. The molecule has 5 heteroatoms. The number of nitrogens with two attached hydrogens (primary N) is 1. The van der Waals surface area contributed by atoms with E-state index in [1.807, 2.05) is 0 Å². The first-order valence-electron chi connectivity index (χ1n) is 12.2. The molecule has 10 atom stereocenters. The molecule has 5 aliphatic rings. The van der Waals surface area contributed by atoms with Crippen molar-refractivity contribution in [3.63, 3.8) is 0 Å². The topological polar surface area (TPSA) is 69.7 Å². The Bertz CT molecular complexity index is 599. The molecule has 4 N–H and O–H groups in total. The molecule has 1 aliphatic heterocycles.